The summed E-state index contributed by atoms with van der Waals surface area (Å²) in [6, 6.07) is 8.85. The maximum absolute atomic E-state index is 5.59. The Morgan fingerprint density at radius 1 is 1.44 bits per heavy atom. The molecular weight excluding hydrogens is 266 g/mol. The number of ether oxygens (including phenoxy) is 1. The molecule has 1 aliphatic rings. The molecule has 0 radical (unpaired) electrons. The van der Waals surface area contributed by atoms with Crippen molar-refractivity contribution < 1.29 is 4.74 Å². The van der Waals surface area contributed by atoms with E-state index in [1.54, 1.807) is 0 Å². The van der Waals surface area contributed by atoms with Crippen LogP contribution in [0.3, 0.4) is 0 Å². The topological polar surface area (TPSA) is 21.3 Å². The molecule has 1 aromatic carbocycles. The molecule has 1 saturated heterocycles. The van der Waals surface area contributed by atoms with E-state index in [0.29, 0.717) is 12.1 Å². The fourth-order valence-electron chi connectivity index (χ4n) is 1.98. The van der Waals surface area contributed by atoms with Gasteiger partial charge in [0.15, 0.2) is 0 Å². The highest BCUT2D eigenvalue weighted by Gasteiger charge is 2.16. The molecule has 0 aromatic heterocycles. The first-order valence-electron chi connectivity index (χ1n) is 5.86. The molecule has 0 spiro atoms. The molecule has 2 nitrogen and oxygen atoms in total. The first-order chi connectivity index (χ1) is 7.75. The van der Waals surface area contributed by atoms with Crippen LogP contribution in [0, 0.1) is 0 Å². The van der Waals surface area contributed by atoms with Crippen LogP contribution in [0.25, 0.3) is 0 Å². The van der Waals surface area contributed by atoms with Crippen molar-refractivity contribution in [3.8, 4) is 0 Å². The summed E-state index contributed by atoms with van der Waals surface area (Å²) in [5.41, 5.74) is 1.32. The molecule has 1 heterocycles. The first-order valence-corrected chi connectivity index (χ1v) is 6.65. The molecule has 1 aliphatic heterocycles. The quantitative estimate of drug-likeness (QED) is 0.916. The Morgan fingerprint density at radius 2 is 2.19 bits per heavy atom. The summed E-state index contributed by atoms with van der Waals surface area (Å²) in [4.78, 5) is 0. The molecule has 3 heteroatoms. The minimum absolute atomic E-state index is 0.386. The van der Waals surface area contributed by atoms with Crippen molar-refractivity contribution in [1.29, 1.82) is 0 Å². The normalized spacial score (nSPS) is 22.2. The lowest BCUT2D eigenvalue weighted by Gasteiger charge is -2.17. The number of rotatable bonds is 4. The van der Waals surface area contributed by atoms with E-state index in [1.807, 2.05) is 0 Å². The van der Waals surface area contributed by atoms with E-state index < -0.39 is 0 Å². The summed E-state index contributed by atoms with van der Waals surface area (Å²) in [6.07, 6.45) is 2.82. The van der Waals surface area contributed by atoms with Crippen LogP contribution in [0.5, 0.6) is 0 Å². The zero-order chi connectivity index (χ0) is 11.4. The highest BCUT2D eigenvalue weighted by molar-refractivity contribution is 9.10. The lowest BCUT2D eigenvalue weighted by molar-refractivity contribution is 0.108. The van der Waals surface area contributed by atoms with Gasteiger partial charge in [0, 0.05) is 23.7 Å². The Labute approximate surface area is 106 Å². The number of benzene rings is 1. The molecule has 1 aromatic rings. The molecule has 1 fully saturated rings. The van der Waals surface area contributed by atoms with Gasteiger partial charge in [-0.15, -0.1) is 0 Å². The fourth-order valence-corrected chi connectivity index (χ4v) is 2.25. The number of halogens is 1. The van der Waals surface area contributed by atoms with E-state index in [1.165, 1.54) is 18.4 Å². The maximum atomic E-state index is 5.59. The second-order valence-corrected chi connectivity index (χ2v) is 5.23. The van der Waals surface area contributed by atoms with Gasteiger partial charge in [0.1, 0.15) is 0 Å². The van der Waals surface area contributed by atoms with Gasteiger partial charge in [-0.25, -0.2) is 0 Å². The van der Waals surface area contributed by atoms with Gasteiger partial charge in [-0.2, -0.15) is 0 Å². The first kappa shape index (κ1) is 12.1. The second kappa shape index (κ2) is 5.80. The molecule has 2 atom stereocenters. The Kier molecular flexibility index (Phi) is 4.38. The third kappa shape index (κ3) is 3.30. The minimum Gasteiger partial charge on any atom is -0.377 e. The van der Waals surface area contributed by atoms with Crippen LogP contribution in [0.2, 0.25) is 0 Å². The van der Waals surface area contributed by atoms with Gasteiger partial charge in [-0.1, -0.05) is 28.1 Å². The zero-order valence-corrected chi connectivity index (χ0v) is 11.2. The summed E-state index contributed by atoms with van der Waals surface area (Å²) >= 11 is 3.45. The van der Waals surface area contributed by atoms with Crippen molar-refractivity contribution in [3.63, 3.8) is 0 Å². The molecule has 2 rings (SSSR count). The van der Waals surface area contributed by atoms with Crippen molar-refractivity contribution in [2.24, 2.45) is 0 Å². The summed E-state index contributed by atoms with van der Waals surface area (Å²) in [5, 5.41) is 3.52. The average Bonchev–Trinajstić information content (AvgIpc) is 2.80. The Morgan fingerprint density at radius 3 is 2.81 bits per heavy atom. The number of nitrogens with one attached hydrogen (secondary N) is 1. The highest BCUT2D eigenvalue weighted by atomic mass is 79.9. The predicted molar refractivity (Wildman–Crippen MR) is 69.5 cm³/mol. The fraction of sp³-hybridized carbons (Fsp3) is 0.538. The van der Waals surface area contributed by atoms with Gasteiger partial charge >= 0.3 is 0 Å². The molecule has 0 amide bonds. The van der Waals surface area contributed by atoms with Crippen LogP contribution in [0.15, 0.2) is 28.7 Å². The summed E-state index contributed by atoms with van der Waals surface area (Å²) < 4.78 is 6.72. The van der Waals surface area contributed by atoms with Crippen LogP contribution < -0.4 is 5.32 Å². The molecule has 0 aliphatic carbocycles. The third-order valence-electron chi connectivity index (χ3n) is 3.05. The van der Waals surface area contributed by atoms with Crippen LogP contribution >= 0.6 is 15.9 Å². The largest absolute Gasteiger partial charge is 0.377 e. The average molecular weight is 284 g/mol. The molecule has 0 bridgehead atoms. The lowest BCUT2D eigenvalue weighted by Crippen LogP contribution is -2.28. The zero-order valence-electron chi connectivity index (χ0n) is 9.58. The van der Waals surface area contributed by atoms with Crippen LogP contribution in [0.1, 0.15) is 31.4 Å². The second-order valence-electron chi connectivity index (χ2n) is 4.32. The van der Waals surface area contributed by atoms with Crippen molar-refractivity contribution in [2.45, 2.75) is 31.9 Å². The van der Waals surface area contributed by atoms with E-state index >= 15 is 0 Å². The van der Waals surface area contributed by atoms with E-state index in [4.69, 9.17) is 4.74 Å². The Balaban J connectivity index is 1.82. The van der Waals surface area contributed by atoms with Crippen molar-refractivity contribution >= 4 is 15.9 Å². The van der Waals surface area contributed by atoms with Gasteiger partial charge in [0.25, 0.3) is 0 Å². The Hall–Kier alpha value is -0.380. The maximum Gasteiger partial charge on any atom is 0.0700 e. The van der Waals surface area contributed by atoms with Crippen molar-refractivity contribution in [3.05, 3.63) is 34.3 Å². The lowest BCUT2D eigenvalue weighted by atomic mass is 10.1. The van der Waals surface area contributed by atoms with Crippen LogP contribution in [-0.2, 0) is 4.74 Å². The minimum atomic E-state index is 0.386. The smallest absolute Gasteiger partial charge is 0.0700 e. The molecule has 16 heavy (non-hydrogen) atoms. The van der Waals surface area contributed by atoms with Gasteiger partial charge in [0.05, 0.1) is 6.10 Å². The number of hydrogen-bond acceptors (Lipinski definition) is 2. The van der Waals surface area contributed by atoms with E-state index in [2.05, 4.69) is 52.4 Å². The monoisotopic (exact) mass is 283 g/mol. The standard InChI is InChI=1S/C13H18BrNO/c1-10(11-4-6-12(14)7-5-11)15-9-13-3-2-8-16-13/h4-7,10,13,15H,2-3,8-9H2,1H3. The van der Waals surface area contributed by atoms with Gasteiger partial charge in [-0.3, -0.25) is 0 Å². The number of hydrogen-bond donors (Lipinski definition) is 1. The van der Waals surface area contributed by atoms with E-state index in [0.717, 1.165) is 17.6 Å². The summed E-state index contributed by atoms with van der Waals surface area (Å²) in [6.45, 7) is 4.08. The third-order valence-corrected chi connectivity index (χ3v) is 3.57. The summed E-state index contributed by atoms with van der Waals surface area (Å²) in [5.74, 6) is 0. The van der Waals surface area contributed by atoms with E-state index in [-0.39, 0.29) is 0 Å². The molecule has 1 N–H and O–H groups in total. The SMILES string of the molecule is CC(NCC1CCCO1)c1ccc(Br)cc1. The molecule has 88 valence electrons. The van der Waals surface area contributed by atoms with Gasteiger partial charge < -0.3 is 10.1 Å². The summed E-state index contributed by atoms with van der Waals surface area (Å²) in [7, 11) is 0. The van der Waals surface area contributed by atoms with Crippen molar-refractivity contribution in [2.75, 3.05) is 13.2 Å². The van der Waals surface area contributed by atoms with Crippen LogP contribution in [0.4, 0.5) is 0 Å². The predicted octanol–water partition coefficient (Wildman–Crippen LogP) is 3.28. The Bertz CT molecular complexity index is 319. The molecular formula is C13H18BrNO. The molecule has 2 unspecified atom stereocenters. The van der Waals surface area contributed by atoms with E-state index in [9.17, 15) is 0 Å². The van der Waals surface area contributed by atoms with Crippen molar-refractivity contribution in [1.82, 2.24) is 5.32 Å². The van der Waals surface area contributed by atoms with Gasteiger partial charge in [-0.05, 0) is 37.5 Å². The molecule has 0 saturated carbocycles. The highest BCUT2D eigenvalue weighted by Crippen LogP contribution is 2.17. The van der Waals surface area contributed by atoms with Crippen LogP contribution in [-0.4, -0.2) is 19.3 Å². The van der Waals surface area contributed by atoms with Gasteiger partial charge in [0.2, 0.25) is 0 Å².